The van der Waals surface area contributed by atoms with Crippen molar-refractivity contribution in [3.05, 3.63) is 71.3 Å². The summed E-state index contributed by atoms with van der Waals surface area (Å²) in [5.74, 6) is -1.83. The molecule has 1 heterocycles. The maximum absolute atomic E-state index is 12.7. The van der Waals surface area contributed by atoms with Crippen LogP contribution < -0.4 is 0 Å². The number of carbonyl (C=O) groups is 2. The van der Waals surface area contributed by atoms with Crippen molar-refractivity contribution < 1.29 is 29.6 Å². The fraction of sp³-hybridized carbons (Fsp3) is 0.238. The molecule has 146 valence electrons. The van der Waals surface area contributed by atoms with Gasteiger partial charge in [-0.2, -0.15) is 0 Å². The van der Waals surface area contributed by atoms with Crippen molar-refractivity contribution in [3.8, 4) is 5.75 Å². The number of rotatable bonds is 7. The second-order valence-corrected chi connectivity index (χ2v) is 6.29. The summed E-state index contributed by atoms with van der Waals surface area (Å²) in [6.07, 6.45) is 0. The van der Waals surface area contributed by atoms with E-state index in [1.165, 1.54) is 17.0 Å². The van der Waals surface area contributed by atoms with Gasteiger partial charge in [0.15, 0.2) is 0 Å². The number of amides is 1. The molecule has 2 aromatic rings. The van der Waals surface area contributed by atoms with Crippen LogP contribution >= 0.6 is 0 Å². The van der Waals surface area contributed by atoms with Crippen LogP contribution in [0.1, 0.15) is 17.2 Å². The van der Waals surface area contributed by atoms with Crippen LogP contribution in [0.3, 0.4) is 0 Å². The van der Waals surface area contributed by atoms with Gasteiger partial charge < -0.3 is 25.0 Å². The lowest BCUT2D eigenvalue weighted by Crippen LogP contribution is -2.33. The van der Waals surface area contributed by atoms with Crippen molar-refractivity contribution >= 4 is 17.4 Å². The number of ether oxygens (including phenoxy) is 1. The molecule has 0 saturated carbocycles. The summed E-state index contributed by atoms with van der Waals surface area (Å²) in [6, 6.07) is 13.9. The highest BCUT2D eigenvalue weighted by Crippen LogP contribution is 2.39. The maximum Gasteiger partial charge on any atom is 0.295 e. The Kier molecular flexibility index (Phi) is 6.08. The molecule has 1 unspecified atom stereocenters. The van der Waals surface area contributed by atoms with Crippen LogP contribution in [-0.4, -0.2) is 58.3 Å². The van der Waals surface area contributed by atoms with Crippen LogP contribution in [0, 0.1) is 0 Å². The number of phenols is 1. The molecule has 7 nitrogen and oxygen atoms in total. The summed E-state index contributed by atoms with van der Waals surface area (Å²) < 4.78 is 5.23. The Labute approximate surface area is 162 Å². The average molecular weight is 383 g/mol. The molecule has 1 atom stereocenters. The highest BCUT2D eigenvalue weighted by molar-refractivity contribution is 6.46. The molecule has 1 aliphatic heterocycles. The number of aliphatic hydroxyl groups excluding tert-OH is 2. The Balaban J connectivity index is 2.06. The van der Waals surface area contributed by atoms with Crippen molar-refractivity contribution in [3.63, 3.8) is 0 Å². The SMILES string of the molecule is O=C1C(=O)N(CCOCCO)C(c2cccc(O)c2)/C1=C(\O)c1ccccc1. The van der Waals surface area contributed by atoms with Crippen molar-refractivity contribution in [1.82, 2.24) is 4.90 Å². The zero-order chi connectivity index (χ0) is 20.1. The Bertz CT molecular complexity index is 893. The molecule has 3 rings (SSSR count). The number of nitrogens with zero attached hydrogens (tertiary/aromatic N) is 1. The fourth-order valence-electron chi connectivity index (χ4n) is 3.23. The number of ketones is 1. The van der Waals surface area contributed by atoms with E-state index in [0.29, 0.717) is 11.1 Å². The van der Waals surface area contributed by atoms with Gasteiger partial charge in [0, 0.05) is 12.1 Å². The summed E-state index contributed by atoms with van der Waals surface area (Å²) >= 11 is 0. The Morgan fingerprint density at radius 2 is 1.79 bits per heavy atom. The molecule has 0 aliphatic carbocycles. The first-order valence-electron chi connectivity index (χ1n) is 8.86. The molecular formula is C21H21NO6. The number of aromatic hydroxyl groups is 1. The van der Waals surface area contributed by atoms with Gasteiger partial charge in [-0.3, -0.25) is 9.59 Å². The molecule has 1 amide bonds. The minimum Gasteiger partial charge on any atom is -0.508 e. The van der Waals surface area contributed by atoms with Gasteiger partial charge in [0.25, 0.3) is 11.7 Å². The summed E-state index contributed by atoms with van der Waals surface area (Å²) in [5.41, 5.74) is 0.880. The highest BCUT2D eigenvalue weighted by Gasteiger charge is 2.45. The van der Waals surface area contributed by atoms with E-state index in [9.17, 15) is 19.8 Å². The van der Waals surface area contributed by atoms with E-state index >= 15 is 0 Å². The molecule has 0 aromatic heterocycles. The van der Waals surface area contributed by atoms with Gasteiger partial charge in [-0.1, -0.05) is 42.5 Å². The molecule has 3 N–H and O–H groups in total. The fourth-order valence-corrected chi connectivity index (χ4v) is 3.23. The number of benzene rings is 2. The van der Waals surface area contributed by atoms with Crippen LogP contribution in [0.15, 0.2) is 60.2 Å². The lowest BCUT2D eigenvalue weighted by molar-refractivity contribution is -0.140. The smallest absolute Gasteiger partial charge is 0.295 e. The van der Waals surface area contributed by atoms with Crippen LogP contribution in [0.4, 0.5) is 0 Å². The predicted octanol–water partition coefficient (Wildman–Crippen LogP) is 1.82. The molecule has 0 radical (unpaired) electrons. The topological polar surface area (TPSA) is 107 Å². The molecule has 28 heavy (non-hydrogen) atoms. The Hall–Kier alpha value is -3.16. The van der Waals surface area contributed by atoms with Gasteiger partial charge >= 0.3 is 0 Å². The van der Waals surface area contributed by atoms with E-state index in [0.717, 1.165) is 0 Å². The quantitative estimate of drug-likeness (QED) is 0.291. The second-order valence-electron chi connectivity index (χ2n) is 6.29. The van der Waals surface area contributed by atoms with Gasteiger partial charge in [0.2, 0.25) is 0 Å². The van der Waals surface area contributed by atoms with Crippen LogP contribution in [0.2, 0.25) is 0 Å². The summed E-state index contributed by atoms with van der Waals surface area (Å²) in [5, 5.41) is 29.5. The Morgan fingerprint density at radius 3 is 2.46 bits per heavy atom. The molecule has 1 aliphatic rings. The minimum absolute atomic E-state index is 0.0145. The van der Waals surface area contributed by atoms with Crippen molar-refractivity contribution in [2.75, 3.05) is 26.4 Å². The summed E-state index contributed by atoms with van der Waals surface area (Å²) in [4.78, 5) is 26.7. The lowest BCUT2D eigenvalue weighted by atomic mass is 9.95. The van der Waals surface area contributed by atoms with Crippen LogP contribution in [-0.2, 0) is 14.3 Å². The van der Waals surface area contributed by atoms with Gasteiger partial charge in [-0.05, 0) is 17.7 Å². The minimum atomic E-state index is -0.856. The number of hydrogen-bond acceptors (Lipinski definition) is 6. The van der Waals surface area contributed by atoms with E-state index in [1.807, 2.05) is 0 Å². The summed E-state index contributed by atoms with van der Waals surface area (Å²) in [6.45, 7) is 0.179. The second kappa shape index (κ2) is 8.69. The van der Waals surface area contributed by atoms with Crippen LogP contribution in [0.25, 0.3) is 5.76 Å². The largest absolute Gasteiger partial charge is 0.508 e. The molecule has 1 fully saturated rings. The molecule has 7 heteroatoms. The third kappa shape index (κ3) is 3.90. The number of likely N-dealkylation sites (tertiary alicyclic amines) is 1. The summed E-state index contributed by atoms with van der Waals surface area (Å²) in [7, 11) is 0. The Morgan fingerprint density at radius 1 is 1.04 bits per heavy atom. The van der Waals surface area contributed by atoms with E-state index in [1.54, 1.807) is 42.5 Å². The van der Waals surface area contributed by atoms with E-state index < -0.39 is 17.7 Å². The van der Waals surface area contributed by atoms with Gasteiger partial charge in [0.1, 0.15) is 11.5 Å². The highest BCUT2D eigenvalue weighted by atomic mass is 16.5. The molecular weight excluding hydrogens is 362 g/mol. The first-order valence-corrected chi connectivity index (χ1v) is 8.86. The van der Waals surface area contributed by atoms with Gasteiger partial charge in [-0.15, -0.1) is 0 Å². The first-order chi connectivity index (χ1) is 13.5. The third-order valence-electron chi connectivity index (χ3n) is 4.49. The molecule has 0 bridgehead atoms. The van der Waals surface area contributed by atoms with Gasteiger partial charge in [0.05, 0.1) is 31.4 Å². The normalized spacial score (nSPS) is 18.6. The zero-order valence-electron chi connectivity index (χ0n) is 15.1. The molecule has 2 aromatic carbocycles. The molecule has 0 spiro atoms. The van der Waals surface area contributed by atoms with Crippen molar-refractivity contribution in [2.24, 2.45) is 0 Å². The first kappa shape index (κ1) is 19.6. The third-order valence-corrected chi connectivity index (χ3v) is 4.49. The number of aliphatic hydroxyl groups is 2. The zero-order valence-corrected chi connectivity index (χ0v) is 15.1. The number of carbonyl (C=O) groups excluding carboxylic acids is 2. The average Bonchev–Trinajstić information content (AvgIpc) is 2.96. The van der Waals surface area contributed by atoms with E-state index in [-0.39, 0.29) is 43.4 Å². The number of Topliss-reactive ketones (excluding diaryl/α,β-unsaturated/α-hetero) is 1. The van der Waals surface area contributed by atoms with E-state index in [4.69, 9.17) is 9.84 Å². The van der Waals surface area contributed by atoms with Gasteiger partial charge in [-0.25, -0.2) is 0 Å². The van der Waals surface area contributed by atoms with Crippen molar-refractivity contribution in [1.29, 1.82) is 0 Å². The number of hydrogen-bond donors (Lipinski definition) is 3. The standard InChI is InChI=1S/C21H21NO6/c23-10-12-28-11-9-22-18(15-7-4-8-16(24)13-15)17(20(26)21(22)27)19(25)14-5-2-1-3-6-14/h1-8,13,18,23-25H,9-12H2/b19-17+. The van der Waals surface area contributed by atoms with Crippen molar-refractivity contribution in [2.45, 2.75) is 6.04 Å². The monoisotopic (exact) mass is 383 g/mol. The molecule has 1 saturated heterocycles. The lowest BCUT2D eigenvalue weighted by Gasteiger charge is -2.25. The number of phenolic OH excluding ortho intramolecular Hbond substituents is 1. The van der Waals surface area contributed by atoms with Crippen LogP contribution in [0.5, 0.6) is 5.75 Å². The maximum atomic E-state index is 12.7. The predicted molar refractivity (Wildman–Crippen MR) is 101 cm³/mol. The van der Waals surface area contributed by atoms with E-state index in [2.05, 4.69) is 0 Å².